The van der Waals surface area contributed by atoms with E-state index in [4.69, 9.17) is 9.25 Å². The van der Waals surface area contributed by atoms with Gasteiger partial charge >= 0.3 is 0 Å². The number of para-hydroxylation sites is 1. The molecular formula is C21H22FN5O2. The van der Waals surface area contributed by atoms with Crippen molar-refractivity contribution in [2.45, 2.75) is 6.42 Å². The molecule has 1 aliphatic rings. The quantitative estimate of drug-likeness (QED) is 0.468. The van der Waals surface area contributed by atoms with Gasteiger partial charge in [-0.25, -0.2) is 4.39 Å². The number of piperazine rings is 1. The molecular weight excluding hydrogens is 373 g/mol. The number of fused-ring (bicyclic) bond motifs is 2. The maximum atomic E-state index is 13.4. The van der Waals surface area contributed by atoms with Crippen LogP contribution in [-0.4, -0.2) is 59.4 Å². The predicted octanol–water partition coefficient (Wildman–Crippen LogP) is 2.96. The van der Waals surface area contributed by atoms with E-state index >= 15 is 0 Å². The maximum Gasteiger partial charge on any atom is 0.138 e. The number of nitrogens with zero attached hydrogens (tertiary/aromatic N) is 5. The van der Waals surface area contributed by atoms with Gasteiger partial charge in [-0.2, -0.15) is 0 Å². The van der Waals surface area contributed by atoms with Crippen LogP contribution >= 0.6 is 0 Å². The number of aromatic nitrogens is 3. The largest absolute Gasteiger partial charge is 0.462 e. The third kappa shape index (κ3) is 3.63. The van der Waals surface area contributed by atoms with Crippen LogP contribution in [0.2, 0.25) is 0 Å². The van der Waals surface area contributed by atoms with E-state index in [1.165, 1.54) is 17.0 Å². The predicted molar refractivity (Wildman–Crippen MR) is 108 cm³/mol. The number of hydrogen-bond donors (Lipinski definition) is 0. The molecule has 7 nitrogen and oxygen atoms in total. The van der Waals surface area contributed by atoms with E-state index in [2.05, 4.69) is 20.1 Å². The minimum atomic E-state index is -0.274. The molecule has 0 aliphatic carbocycles. The molecule has 0 unspecified atom stereocenters. The van der Waals surface area contributed by atoms with Crippen molar-refractivity contribution >= 4 is 27.7 Å². The second kappa shape index (κ2) is 7.71. The molecule has 1 fully saturated rings. The first-order valence-electron chi connectivity index (χ1n) is 9.86. The number of benzene rings is 2. The fraction of sp³-hybridized carbons (Fsp3) is 0.333. The highest BCUT2D eigenvalue weighted by Gasteiger charge is 2.20. The van der Waals surface area contributed by atoms with Crippen LogP contribution in [0, 0.1) is 5.82 Å². The normalized spacial score (nSPS) is 15.4. The Morgan fingerprint density at radius 1 is 1.07 bits per heavy atom. The summed E-state index contributed by atoms with van der Waals surface area (Å²) in [6.07, 6.45) is 2.65. The molecule has 2 aromatic heterocycles. The Labute approximate surface area is 167 Å². The summed E-state index contributed by atoms with van der Waals surface area (Å²) in [5.41, 5.74) is 3.35. The van der Waals surface area contributed by atoms with E-state index in [1.54, 1.807) is 12.3 Å². The first-order valence-corrected chi connectivity index (χ1v) is 9.86. The van der Waals surface area contributed by atoms with E-state index in [-0.39, 0.29) is 5.82 Å². The van der Waals surface area contributed by atoms with Gasteiger partial charge in [-0.05, 0) is 35.9 Å². The Morgan fingerprint density at radius 3 is 2.83 bits per heavy atom. The Hall–Kier alpha value is -3.13. The van der Waals surface area contributed by atoms with Gasteiger partial charge in [0, 0.05) is 44.2 Å². The summed E-state index contributed by atoms with van der Waals surface area (Å²) in [6.45, 7) is 5.34. The van der Waals surface area contributed by atoms with E-state index in [9.17, 15) is 4.39 Å². The third-order valence-corrected chi connectivity index (χ3v) is 5.38. The van der Waals surface area contributed by atoms with Crippen molar-refractivity contribution in [3.05, 3.63) is 54.5 Å². The van der Waals surface area contributed by atoms with Gasteiger partial charge in [0.2, 0.25) is 0 Å². The molecule has 5 rings (SSSR count). The lowest BCUT2D eigenvalue weighted by molar-refractivity contribution is 0.0785. The van der Waals surface area contributed by atoms with Crippen LogP contribution in [0.1, 0.15) is 6.42 Å². The number of rotatable bonds is 6. The van der Waals surface area contributed by atoms with E-state index in [0.29, 0.717) is 12.2 Å². The molecule has 3 heterocycles. The van der Waals surface area contributed by atoms with Gasteiger partial charge < -0.3 is 14.2 Å². The number of anilines is 1. The van der Waals surface area contributed by atoms with Crippen molar-refractivity contribution in [3.8, 4) is 0 Å². The lowest BCUT2D eigenvalue weighted by Crippen LogP contribution is -2.46. The van der Waals surface area contributed by atoms with Gasteiger partial charge in [-0.3, -0.25) is 4.90 Å². The highest BCUT2D eigenvalue weighted by atomic mass is 19.1. The van der Waals surface area contributed by atoms with Gasteiger partial charge in [0.1, 0.15) is 35.3 Å². The smallest absolute Gasteiger partial charge is 0.138 e. The summed E-state index contributed by atoms with van der Waals surface area (Å²) < 4.78 is 18.9. The molecule has 2 aromatic carbocycles. The maximum absolute atomic E-state index is 13.4. The molecule has 0 N–H and O–H groups in total. The number of halogens is 1. The fourth-order valence-corrected chi connectivity index (χ4v) is 3.83. The molecule has 0 bridgehead atoms. The second-order valence-corrected chi connectivity index (χ2v) is 7.23. The molecule has 8 heteroatoms. The van der Waals surface area contributed by atoms with Crippen LogP contribution in [0.15, 0.2) is 53.1 Å². The van der Waals surface area contributed by atoms with Crippen LogP contribution in [0.25, 0.3) is 22.0 Å². The third-order valence-electron chi connectivity index (χ3n) is 5.38. The topological polar surface area (TPSA) is 59.6 Å². The molecule has 4 aromatic rings. The lowest BCUT2D eigenvalue weighted by atomic mass is 10.2. The van der Waals surface area contributed by atoms with E-state index in [1.807, 2.05) is 24.3 Å². The van der Waals surface area contributed by atoms with Crippen LogP contribution in [0.4, 0.5) is 10.1 Å². The van der Waals surface area contributed by atoms with Crippen molar-refractivity contribution < 1.29 is 13.6 Å². The SMILES string of the molecule is Fc1ccc2c(N3CCN(CCCOn4nnc5ccccc54)CC3)coc2c1. The molecule has 0 spiro atoms. The molecule has 0 amide bonds. The summed E-state index contributed by atoms with van der Waals surface area (Å²) in [6, 6.07) is 12.5. The van der Waals surface area contributed by atoms with Gasteiger partial charge in [-0.15, -0.1) is 5.10 Å². The Morgan fingerprint density at radius 2 is 1.93 bits per heavy atom. The number of furan rings is 1. The van der Waals surface area contributed by atoms with Crippen molar-refractivity contribution in [1.29, 1.82) is 0 Å². The summed E-state index contributed by atoms with van der Waals surface area (Å²) in [5.74, 6) is -0.274. The van der Waals surface area contributed by atoms with Crippen LogP contribution in [0.5, 0.6) is 0 Å². The lowest BCUT2D eigenvalue weighted by Gasteiger charge is -2.35. The van der Waals surface area contributed by atoms with Crippen molar-refractivity contribution in [2.24, 2.45) is 0 Å². The summed E-state index contributed by atoms with van der Waals surface area (Å²) >= 11 is 0. The highest BCUT2D eigenvalue weighted by molar-refractivity contribution is 5.91. The van der Waals surface area contributed by atoms with Gasteiger partial charge in [-0.1, -0.05) is 17.0 Å². The van der Waals surface area contributed by atoms with Crippen LogP contribution in [0.3, 0.4) is 0 Å². The van der Waals surface area contributed by atoms with E-state index < -0.39 is 0 Å². The van der Waals surface area contributed by atoms with Crippen LogP contribution < -0.4 is 9.74 Å². The molecule has 1 aliphatic heterocycles. The Balaban J connectivity index is 1.11. The number of hydrogen-bond acceptors (Lipinski definition) is 6. The minimum Gasteiger partial charge on any atom is -0.462 e. The van der Waals surface area contributed by atoms with E-state index in [0.717, 1.165) is 61.3 Å². The molecule has 0 atom stereocenters. The van der Waals surface area contributed by atoms with Crippen LogP contribution in [-0.2, 0) is 0 Å². The average Bonchev–Trinajstić information content (AvgIpc) is 3.35. The molecule has 0 saturated carbocycles. The summed E-state index contributed by atoms with van der Waals surface area (Å²) in [5, 5.41) is 9.10. The van der Waals surface area contributed by atoms with Crippen molar-refractivity contribution in [1.82, 2.24) is 20.1 Å². The highest BCUT2D eigenvalue weighted by Crippen LogP contribution is 2.30. The summed E-state index contributed by atoms with van der Waals surface area (Å²) in [7, 11) is 0. The van der Waals surface area contributed by atoms with Gasteiger partial charge in [0.25, 0.3) is 0 Å². The standard InChI is InChI=1S/C21H22FN5O2/c22-16-6-7-17-20(15-28-21(17)14-16)26-11-9-25(10-12-26)8-3-13-29-27-19-5-2-1-4-18(19)23-24-27/h1-2,4-7,14-15H,3,8-13H2. The first kappa shape index (κ1) is 17.9. The van der Waals surface area contributed by atoms with Gasteiger partial charge in [0.15, 0.2) is 0 Å². The van der Waals surface area contributed by atoms with Crippen molar-refractivity contribution in [2.75, 3.05) is 44.2 Å². The summed E-state index contributed by atoms with van der Waals surface area (Å²) in [4.78, 5) is 12.0. The van der Waals surface area contributed by atoms with Crippen molar-refractivity contribution in [3.63, 3.8) is 0 Å². The first-order chi connectivity index (χ1) is 14.3. The fourth-order valence-electron chi connectivity index (χ4n) is 3.83. The second-order valence-electron chi connectivity index (χ2n) is 7.23. The zero-order valence-corrected chi connectivity index (χ0v) is 16.0. The monoisotopic (exact) mass is 395 g/mol. The Kier molecular flexibility index (Phi) is 4.77. The minimum absolute atomic E-state index is 0.274. The average molecular weight is 395 g/mol. The molecule has 0 radical (unpaired) electrons. The zero-order chi connectivity index (χ0) is 19.6. The molecule has 1 saturated heterocycles. The molecule has 29 heavy (non-hydrogen) atoms. The molecule has 150 valence electrons. The van der Waals surface area contributed by atoms with Gasteiger partial charge in [0.05, 0.1) is 5.69 Å². The zero-order valence-electron chi connectivity index (χ0n) is 16.0. The Bertz CT molecular complexity index is 1120.